The lowest BCUT2D eigenvalue weighted by atomic mass is 10.2. The van der Waals surface area contributed by atoms with Gasteiger partial charge in [-0.2, -0.15) is 0 Å². The number of nitrogens with zero attached hydrogens (tertiary/aromatic N) is 3. The molecule has 1 aliphatic heterocycles. The van der Waals surface area contributed by atoms with Crippen LogP contribution >= 0.6 is 0 Å². The van der Waals surface area contributed by atoms with Crippen molar-refractivity contribution in [3.8, 4) is 0 Å². The molecule has 2 amide bonds. The molecule has 0 saturated carbocycles. The van der Waals surface area contributed by atoms with Gasteiger partial charge in [0.1, 0.15) is 6.61 Å². The highest BCUT2D eigenvalue weighted by Gasteiger charge is 2.24. The number of hydrogen-bond donors (Lipinski definition) is 1. The fourth-order valence-corrected chi connectivity index (χ4v) is 3.94. The molecule has 1 aliphatic rings. The Balaban J connectivity index is 1.56. The van der Waals surface area contributed by atoms with E-state index in [1.807, 2.05) is 6.07 Å². The number of ether oxygens (including phenoxy) is 1. The van der Waals surface area contributed by atoms with Crippen LogP contribution in [0.3, 0.4) is 0 Å². The molecular formula is C19H18N4O5S. The number of carbonyl (C=O) groups excluding carboxylic acids is 2. The minimum Gasteiger partial charge on any atom is -0.447 e. The monoisotopic (exact) mass is 414 g/mol. The molecule has 150 valence electrons. The number of nitrogens with one attached hydrogen (secondary N) is 1. The molecule has 0 spiro atoms. The Bertz CT molecular complexity index is 1220. The van der Waals surface area contributed by atoms with Crippen LogP contribution in [-0.4, -0.2) is 49.2 Å². The first-order valence-electron chi connectivity index (χ1n) is 8.83. The van der Waals surface area contributed by atoms with E-state index in [4.69, 9.17) is 4.74 Å². The average Bonchev–Trinajstić information content (AvgIpc) is 3.30. The number of fused-ring (bicyclic) bond motifs is 1. The second kappa shape index (κ2) is 7.21. The van der Waals surface area contributed by atoms with Gasteiger partial charge in [-0.1, -0.05) is 18.2 Å². The molecule has 1 saturated heterocycles. The topological polar surface area (TPSA) is 110 Å². The van der Waals surface area contributed by atoms with E-state index in [9.17, 15) is 18.0 Å². The van der Waals surface area contributed by atoms with Gasteiger partial charge in [0.2, 0.25) is 15.0 Å². The van der Waals surface area contributed by atoms with Crippen LogP contribution in [0.25, 0.3) is 5.52 Å². The highest BCUT2D eigenvalue weighted by atomic mass is 32.2. The number of aromatic nitrogens is 2. The molecule has 3 aromatic rings. The van der Waals surface area contributed by atoms with Crippen molar-refractivity contribution in [3.05, 3.63) is 59.9 Å². The summed E-state index contributed by atoms with van der Waals surface area (Å²) in [5.41, 5.74) is 1.90. The summed E-state index contributed by atoms with van der Waals surface area (Å²) < 4.78 is 30.3. The molecule has 0 aliphatic carbocycles. The Morgan fingerprint density at radius 2 is 2.07 bits per heavy atom. The summed E-state index contributed by atoms with van der Waals surface area (Å²) in [6, 6.07) is 12.2. The van der Waals surface area contributed by atoms with Gasteiger partial charge >= 0.3 is 6.09 Å². The van der Waals surface area contributed by atoms with Crippen molar-refractivity contribution in [2.24, 2.45) is 0 Å². The van der Waals surface area contributed by atoms with Gasteiger partial charge in [-0.15, -0.1) is 0 Å². The van der Waals surface area contributed by atoms with Crippen molar-refractivity contribution in [2.75, 3.05) is 24.3 Å². The predicted molar refractivity (Wildman–Crippen MR) is 105 cm³/mol. The number of imidazole rings is 1. The zero-order valence-electron chi connectivity index (χ0n) is 15.5. The molecular weight excluding hydrogens is 396 g/mol. The third kappa shape index (κ3) is 3.66. The van der Waals surface area contributed by atoms with E-state index in [1.165, 1.54) is 9.30 Å². The van der Waals surface area contributed by atoms with Gasteiger partial charge in [0.05, 0.1) is 12.1 Å². The smallest absolute Gasteiger partial charge is 0.414 e. The van der Waals surface area contributed by atoms with Gasteiger partial charge in [0.25, 0.3) is 5.91 Å². The number of benzene rings is 1. The van der Waals surface area contributed by atoms with Gasteiger partial charge in [0.15, 0.2) is 5.69 Å². The number of anilines is 1. The fourth-order valence-electron chi connectivity index (χ4n) is 3.17. The summed E-state index contributed by atoms with van der Waals surface area (Å²) in [4.78, 5) is 30.0. The number of carbonyl (C=O) groups is 2. The van der Waals surface area contributed by atoms with Crippen LogP contribution in [-0.2, 0) is 21.1 Å². The van der Waals surface area contributed by atoms with Gasteiger partial charge in [-0.3, -0.25) is 14.1 Å². The first kappa shape index (κ1) is 18.9. The van der Waals surface area contributed by atoms with Crippen LogP contribution in [0, 0.1) is 0 Å². The molecule has 0 bridgehead atoms. The van der Waals surface area contributed by atoms with E-state index in [-0.39, 0.29) is 17.4 Å². The molecule has 0 radical (unpaired) electrons. The molecule has 1 fully saturated rings. The van der Waals surface area contributed by atoms with Crippen molar-refractivity contribution in [2.45, 2.75) is 11.7 Å². The lowest BCUT2D eigenvalue weighted by molar-refractivity contribution is 0.0947. The molecule has 10 heteroatoms. The van der Waals surface area contributed by atoms with Gasteiger partial charge in [-0.05, 0) is 29.8 Å². The summed E-state index contributed by atoms with van der Waals surface area (Å²) in [5.74, 6) is -0.491. The Kier molecular flexibility index (Phi) is 4.71. The van der Waals surface area contributed by atoms with E-state index < -0.39 is 21.8 Å². The second-order valence-corrected chi connectivity index (χ2v) is 8.50. The molecule has 1 aromatic carbocycles. The van der Waals surface area contributed by atoms with Crippen LogP contribution in [0.2, 0.25) is 0 Å². The van der Waals surface area contributed by atoms with Gasteiger partial charge in [0, 0.05) is 24.7 Å². The van der Waals surface area contributed by atoms with E-state index >= 15 is 0 Å². The number of hydrogen-bond acceptors (Lipinski definition) is 6. The Morgan fingerprint density at radius 3 is 2.79 bits per heavy atom. The maximum absolute atomic E-state index is 12.7. The normalized spacial score (nSPS) is 14.2. The third-order valence-corrected chi connectivity index (χ3v) is 5.45. The van der Waals surface area contributed by atoms with Crippen LogP contribution in [0.5, 0.6) is 0 Å². The van der Waals surface area contributed by atoms with Crippen LogP contribution in [0.1, 0.15) is 16.1 Å². The molecule has 1 N–H and O–H groups in total. The van der Waals surface area contributed by atoms with E-state index in [0.717, 1.165) is 11.8 Å². The first-order chi connectivity index (χ1) is 13.8. The summed E-state index contributed by atoms with van der Waals surface area (Å²) in [5, 5.41) is 2.57. The molecule has 3 heterocycles. The van der Waals surface area contributed by atoms with E-state index in [0.29, 0.717) is 24.4 Å². The Hall–Kier alpha value is -3.40. The minimum atomic E-state index is -3.61. The number of cyclic esters (lactones) is 1. The standard InChI is InChI=1S/C19H18N4O5S/c1-29(26,27)18-21-16(15-7-2-3-8-23(15)18)17(24)20-12-13-5-4-6-14(11-13)22-9-10-28-19(22)25/h2-8,11H,9-10,12H2,1H3,(H,20,24). The Morgan fingerprint density at radius 1 is 1.24 bits per heavy atom. The summed E-state index contributed by atoms with van der Waals surface area (Å²) >= 11 is 0. The van der Waals surface area contributed by atoms with Crippen molar-refractivity contribution in [1.82, 2.24) is 14.7 Å². The zero-order valence-corrected chi connectivity index (χ0v) is 16.3. The minimum absolute atomic E-state index is 0.0327. The van der Waals surface area contributed by atoms with Crippen LogP contribution in [0.15, 0.2) is 53.8 Å². The SMILES string of the molecule is CS(=O)(=O)c1nc(C(=O)NCc2cccc(N3CCOC3=O)c2)c2ccccn12. The lowest BCUT2D eigenvalue weighted by Crippen LogP contribution is -2.25. The number of sulfone groups is 1. The molecule has 9 nitrogen and oxygen atoms in total. The van der Waals surface area contributed by atoms with Crippen molar-refractivity contribution < 1.29 is 22.7 Å². The molecule has 0 atom stereocenters. The summed E-state index contributed by atoms with van der Waals surface area (Å²) in [6.07, 6.45) is 2.20. The summed E-state index contributed by atoms with van der Waals surface area (Å²) in [6.45, 7) is 1.01. The first-order valence-corrected chi connectivity index (χ1v) is 10.7. The molecule has 29 heavy (non-hydrogen) atoms. The second-order valence-electron chi connectivity index (χ2n) is 6.59. The maximum Gasteiger partial charge on any atom is 0.414 e. The van der Waals surface area contributed by atoms with Crippen molar-refractivity contribution in [1.29, 1.82) is 0 Å². The van der Waals surface area contributed by atoms with E-state index in [2.05, 4.69) is 10.3 Å². The van der Waals surface area contributed by atoms with Crippen LogP contribution in [0.4, 0.5) is 10.5 Å². The lowest BCUT2D eigenvalue weighted by Gasteiger charge is -2.14. The Labute approximate surface area is 166 Å². The highest BCUT2D eigenvalue weighted by Crippen LogP contribution is 2.20. The van der Waals surface area contributed by atoms with Crippen LogP contribution < -0.4 is 10.2 Å². The zero-order chi connectivity index (χ0) is 20.6. The molecule has 0 unspecified atom stereocenters. The average molecular weight is 414 g/mol. The van der Waals surface area contributed by atoms with Gasteiger partial charge in [-0.25, -0.2) is 18.2 Å². The maximum atomic E-state index is 12.7. The number of amides is 2. The number of rotatable bonds is 5. The summed E-state index contributed by atoms with van der Waals surface area (Å²) in [7, 11) is -3.61. The van der Waals surface area contributed by atoms with Gasteiger partial charge < -0.3 is 10.1 Å². The van der Waals surface area contributed by atoms with E-state index in [1.54, 1.807) is 42.6 Å². The number of pyridine rings is 1. The molecule has 2 aromatic heterocycles. The molecule has 4 rings (SSSR count). The van der Waals surface area contributed by atoms with Crippen molar-refractivity contribution in [3.63, 3.8) is 0 Å². The largest absolute Gasteiger partial charge is 0.447 e. The predicted octanol–water partition coefficient (Wildman–Crippen LogP) is 1.62. The third-order valence-electron chi connectivity index (χ3n) is 4.50. The quantitative estimate of drug-likeness (QED) is 0.679. The van der Waals surface area contributed by atoms with Crippen molar-refractivity contribution >= 4 is 33.0 Å². The highest BCUT2D eigenvalue weighted by molar-refractivity contribution is 7.90. The fraction of sp³-hybridized carbons (Fsp3) is 0.211.